The summed E-state index contributed by atoms with van der Waals surface area (Å²) in [6.45, 7) is 6.20. The maximum atomic E-state index is 11.8. The van der Waals surface area contributed by atoms with Crippen molar-refractivity contribution in [3.8, 4) is 5.75 Å². The molecule has 1 rings (SSSR count). The number of urea groups is 1. The molecule has 3 N–H and O–H groups in total. The van der Waals surface area contributed by atoms with Crippen LogP contribution in [0.3, 0.4) is 0 Å². The molecule has 3 amide bonds. The third-order valence-electron chi connectivity index (χ3n) is 3.03. The first kappa shape index (κ1) is 17.0. The Bertz CT molecular complexity index is 491. The third kappa shape index (κ3) is 5.43. The Morgan fingerprint density at radius 1 is 1.29 bits per heavy atom. The van der Waals surface area contributed by atoms with Gasteiger partial charge in [-0.3, -0.25) is 15.4 Å². The molecule has 0 unspecified atom stereocenters. The van der Waals surface area contributed by atoms with Gasteiger partial charge < -0.3 is 10.1 Å². The zero-order chi connectivity index (χ0) is 15.8. The Morgan fingerprint density at radius 3 is 2.62 bits per heavy atom. The van der Waals surface area contributed by atoms with E-state index in [0.29, 0.717) is 6.61 Å². The molecule has 0 heterocycles. The maximum absolute atomic E-state index is 11.8. The number of carbonyl (C=O) groups excluding carboxylic acids is 2. The Morgan fingerprint density at radius 2 is 2.00 bits per heavy atom. The number of amides is 3. The molecule has 21 heavy (non-hydrogen) atoms. The van der Waals surface area contributed by atoms with E-state index >= 15 is 0 Å². The fraction of sp³-hybridized carbons (Fsp3) is 0.467. The lowest BCUT2D eigenvalue weighted by Crippen LogP contribution is -2.47. The maximum Gasteiger partial charge on any atom is 0.321 e. The lowest BCUT2D eigenvalue weighted by atomic mass is 10.1. The van der Waals surface area contributed by atoms with Gasteiger partial charge in [-0.1, -0.05) is 12.1 Å². The fourth-order valence-corrected chi connectivity index (χ4v) is 1.87. The molecule has 0 aromatic heterocycles. The van der Waals surface area contributed by atoms with E-state index in [1.54, 1.807) is 6.92 Å². The summed E-state index contributed by atoms with van der Waals surface area (Å²) in [7, 11) is 1.46. The minimum atomic E-state index is -0.514. The summed E-state index contributed by atoms with van der Waals surface area (Å²) in [4.78, 5) is 22.9. The molecular weight excluding hydrogens is 270 g/mol. The largest absolute Gasteiger partial charge is 0.494 e. The number of nitrogens with one attached hydrogen (secondary N) is 3. The van der Waals surface area contributed by atoms with Crippen LogP contribution in [0.1, 0.15) is 32.4 Å². The fourth-order valence-electron chi connectivity index (χ4n) is 1.87. The zero-order valence-corrected chi connectivity index (χ0v) is 12.9. The summed E-state index contributed by atoms with van der Waals surface area (Å²) < 4.78 is 5.46. The lowest BCUT2D eigenvalue weighted by molar-refractivity contribution is -0.121. The van der Waals surface area contributed by atoms with Crippen molar-refractivity contribution >= 4 is 11.9 Å². The van der Waals surface area contributed by atoms with Crippen LogP contribution in [0.25, 0.3) is 0 Å². The molecule has 0 radical (unpaired) electrons. The molecule has 1 aromatic rings. The molecule has 1 aromatic carbocycles. The summed E-state index contributed by atoms with van der Waals surface area (Å²) >= 11 is 0. The van der Waals surface area contributed by atoms with Crippen LogP contribution in [0, 0.1) is 0 Å². The van der Waals surface area contributed by atoms with Gasteiger partial charge in [0.15, 0.2) is 0 Å². The van der Waals surface area contributed by atoms with Crippen molar-refractivity contribution in [2.45, 2.75) is 32.9 Å². The van der Waals surface area contributed by atoms with Crippen molar-refractivity contribution in [1.82, 2.24) is 16.0 Å². The number of ether oxygens (including phenoxy) is 1. The predicted octanol–water partition coefficient (Wildman–Crippen LogP) is 1.58. The number of rotatable bonds is 6. The molecule has 2 atom stereocenters. The van der Waals surface area contributed by atoms with Gasteiger partial charge in [0.25, 0.3) is 0 Å². The Balaban J connectivity index is 2.63. The van der Waals surface area contributed by atoms with Crippen LogP contribution in [-0.2, 0) is 4.79 Å². The highest BCUT2D eigenvalue weighted by atomic mass is 16.5. The molecular formula is C15H23N3O3. The van der Waals surface area contributed by atoms with E-state index in [2.05, 4.69) is 16.0 Å². The van der Waals surface area contributed by atoms with Crippen LogP contribution in [0.15, 0.2) is 24.3 Å². The molecule has 6 nitrogen and oxygen atoms in total. The molecule has 0 saturated carbocycles. The van der Waals surface area contributed by atoms with Gasteiger partial charge in [-0.15, -0.1) is 0 Å². The first-order chi connectivity index (χ1) is 9.97. The number of carbonyl (C=O) groups is 2. The smallest absolute Gasteiger partial charge is 0.321 e. The summed E-state index contributed by atoms with van der Waals surface area (Å²) in [5, 5.41) is 7.73. The molecule has 0 spiro atoms. The van der Waals surface area contributed by atoms with Crippen LogP contribution in [0.5, 0.6) is 5.75 Å². The average molecular weight is 293 g/mol. The van der Waals surface area contributed by atoms with E-state index in [9.17, 15) is 9.59 Å². The molecule has 6 heteroatoms. The van der Waals surface area contributed by atoms with E-state index in [1.807, 2.05) is 38.1 Å². The van der Waals surface area contributed by atoms with Gasteiger partial charge in [-0.2, -0.15) is 0 Å². The normalized spacial score (nSPS) is 13.1. The van der Waals surface area contributed by atoms with E-state index < -0.39 is 12.1 Å². The topological polar surface area (TPSA) is 79.5 Å². The standard InChI is InChI=1S/C15H23N3O3/c1-5-21-13-8-6-7-12(9-13)10(2)17-11(3)14(19)18-15(20)16-4/h6-11,17H,5H2,1-4H3,(H2,16,18,19,20)/t10-,11-/m0/s1. The van der Waals surface area contributed by atoms with E-state index in [4.69, 9.17) is 4.74 Å². The summed E-state index contributed by atoms with van der Waals surface area (Å²) in [5.41, 5.74) is 1.01. The number of hydrogen-bond acceptors (Lipinski definition) is 4. The zero-order valence-electron chi connectivity index (χ0n) is 12.9. The van der Waals surface area contributed by atoms with Gasteiger partial charge in [0.05, 0.1) is 12.6 Å². The molecule has 0 fully saturated rings. The average Bonchev–Trinajstić information content (AvgIpc) is 2.47. The van der Waals surface area contributed by atoms with Crippen LogP contribution in [0.2, 0.25) is 0 Å². The monoisotopic (exact) mass is 293 g/mol. The highest BCUT2D eigenvalue weighted by molar-refractivity contribution is 5.96. The molecule has 0 bridgehead atoms. The van der Waals surface area contributed by atoms with Crippen LogP contribution in [-0.4, -0.2) is 31.6 Å². The molecule has 0 saturated heterocycles. The second kappa shape index (κ2) is 8.26. The number of hydrogen-bond donors (Lipinski definition) is 3. The quantitative estimate of drug-likeness (QED) is 0.744. The van der Waals surface area contributed by atoms with Crippen molar-refractivity contribution < 1.29 is 14.3 Å². The second-order valence-corrected chi connectivity index (χ2v) is 4.68. The van der Waals surface area contributed by atoms with Gasteiger partial charge in [0.2, 0.25) is 5.91 Å². The minimum absolute atomic E-state index is 0.0455. The number of imide groups is 1. The van der Waals surface area contributed by atoms with Crippen LogP contribution < -0.4 is 20.7 Å². The van der Waals surface area contributed by atoms with Crippen molar-refractivity contribution in [1.29, 1.82) is 0 Å². The Kier molecular flexibility index (Phi) is 6.68. The first-order valence-electron chi connectivity index (χ1n) is 6.99. The SMILES string of the molecule is CCOc1cccc([C@H](C)N[C@@H](C)C(=O)NC(=O)NC)c1. The van der Waals surface area contributed by atoms with Crippen LogP contribution >= 0.6 is 0 Å². The highest BCUT2D eigenvalue weighted by Crippen LogP contribution is 2.19. The summed E-state index contributed by atoms with van der Waals surface area (Å²) in [6, 6.07) is 6.65. The van der Waals surface area contributed by atoms with Gasteiger partial charge in [-0.05, 0) is 38.5 Å². The van der Waals surface area contributed by atoms with E-state index in [-0.39, 0.29) is 11.9 Å². The van der Waals surface area contributed by atoms with Gasteiger partial charge >= 0.3 is 6.03 Å². The first-order valence-corrected chi connectivity index (χ1v) is 6.99. The second-order valence-electron chi connectivity index (χ2n) is 4.68. The minimum Gasteiger partial charge on any atom is -0.494 e. The third-order valence-corrected chi connectivity index (χ3v) is 3.03. The number of benzene rings is 1. The Labute approximate surface area is 125 Å². The van der Waals surface area contributed by atoms with Crippen molar-refractivity contribution in [2.75, 3.05) is 13.7 Å². The van der Waals surface area contributed by atoms with Gasteiger partial charge in [-0.25, -0.2) is 4.79 Å². The van der Waals surface area contributed by atoms with Crippen molar-refractivity contribution in [2.24, 2.45) is 0 Å². The van der Waals surface area contributed by atoms with Crippen LogP contribution in [0.4, 0.5) is 4.79 Å². The highest BCUT2D eigenvalue weighted by Gasteiger charge is 2.18. The van der Waals surface area contributed by atoms with Crippen molar-refractivity contribution in [3.63, 3.8) is 0 Å². The molecule has 0 aliphatic carbocycles. The molecule has 116 valence electrons. The summed E-state index contributed by atoms with van der Waals surface area (Å²) in [6.07, 6.45) is 0. The van der Waals surface area contributed by atoms with E-state index in [1.165, 1.54) is 7.05 Å². The van der Waals surface area contributed by atoms with Gasteiger partial charge in [0, 0.05) is 13.1 Å². The van der Waals surface area contributed by atoms with Gasteiger partial charge in [0.1, 0.15) is 5.75 Å². The van der Waals surface area contributed by atoms with E-state index in [0.717, 1.165) is 11.3 Å². The molecule has 0 aliphatic rings. The predicted molar refractivity (Wildman–Crippen MR) is 81.2 cm³/mol. The lowest BCUT2D eigenvalue weighted by Gasteiger charge is -2.20. The molecule has 0 aliphatic heterocycles. The van der Waals surface area contributed by atoms with Crippen molar-refractivity contribution in [3.05, 3.63) is 29.8 Å². The Hall–Kier alpha value is -2.08. The summed E-state index contributed by atoms with van der Waals surface area (Å²) in [5.74, 6) is 0.424.